The molecule has 0 spiro atoms. The van der Waals surface area contributed by atoms with Crippen molar-refractivity contribution in [2.24, 2.45) is 0 Å². The number of rotatable bonds is 7. The van der Waals surface area contributed by atoms with Gasteiger partial charge in [-0.3, -0.25) is 0 Å². The van der Waals surface area contributed by atoms with E-state index in [4.69, 9.17) is 16.3 Å². The molecule has 0 aliphatic rings. The molecule has 0 amide bonds. The molecule has 1 rings (SSSR count). The lowest BCUT2D eigenvalue weighted by atomic mass is 10.1. The van der Waals surface area contributed by atoms with Crippen molar-refractivity contribution in [3.63, 3.8) is 0 Å². The van der Waals surface area contributed by atoms with E-state index in [1.807, 2.05) is 0 Å². The highest BCUT2D eigenvalue weighted by molar-refractivity contribution is 6.17. The van der Waals surface area contributed by atoms with E-state index >= 15 is 0 Å². The molecule has 0 aliphatic carbocycles. The summed E-state index contributed by atoms with van der Waals surface area (Å²) in [6, 6.07) is 2.25. The largest absolute Gasteiger partial charge is 0.494 e. The average Bonchev–Trinajstić information content (AvgIpc) is 2.32. The van der Waals surface area contributed by atoms with Gasteiger partial charge >= 0.3 is 0 Å². The first-order valence-corrected chi connectivity index (χ1v) is 6.01. The first-order valence-electron chi connectivity index (χ1n) is 5.47. The molecular weight excluding hydrogens is 248 g/mol. The molecule has 0 fully saturated rings. The number of nitrogens with one attached hydrogen (secondary N) is 1. The predicted molar refractivity (Wildman–Crippen MR) is 64.8 cm³/mol. The smallest absolute Gasteiger partial charge is 0.165 e. The Morgan fingerprint density at radius 1 is 1.24 bits per heavy atom. The van der Waals surface area contributed by atoms with Crippen LogP contribution in [0.3, 0.4) is 0 Å². The topological polar surface area (TPSA) is 21.3 Å². The maximum Gasteiger partial charge on any atom is 0.165 e. The molecule has 0 atom stereocenters. The van der Waals surface area contributed by atoms with Crippen LogP contribution in [-0.4, -0.2) is 26.1 Å². The summed E-state index contributed by atoms with van der Waals surface area (Å²) < 4.78 is 31.5. The van der Waals surface area contributed by atoms with Gasteiger partial charge in [0.15, 0.2) is 11.6 Å². The predicted octanol–water partition coefficient (Wildman–Crippen LogP) is 2.73. The van der Waals surface area contributed by atoms with E-state index in [-0.39, 0.29) is 5.75 Å². The minimum Gasteiger partial charge on any atom is -0.494 e. The molecule has 0 radical (unpaired) electrons. The molecule has 5 heteroatoms. The van der Waals surface area contributed by atoms with Gasteiger partial charge in [0.2, 0.25) is 0 Å². The van der Waals surface area contributed by atoms with Crippen molar-refractivity contribution in [3.05, 3.63) is 29.3 Å². The molecule has 0 heterocycles. The van der Waals surface area contributed by atoms with Crippen LogP contribution in [0.5, 0.6) is 5.75 Å². The van der Waals surface area contributed by atoms with E-state index in [0.717, 1.165) is 19.0 Å². The third-order valence-corrected chi connectivity index (χ3v) is 2.65. The van der Waals surface area contributed by atoms with Crippen LogP contribution in [0.25, 0.3) is 0 Å². The fourth-order valence-electron chi connectivity index (χ4n) is 1.46. The Kier molecular flexibility index (Phi) is 6.22. The molecule has 1 aromatic carbocycles. The first kappa shape index (κ1) is 14.2. The van der Waals surface area contributed by atoms with Gasteiger partial charge in [-0.1, -0.05) is 0 Å². The van der Waals surface area contributed by atoms with Crippen molar-refractivity contribution in [1.82, 2.24) is 5.32 Å². The van der Waals surface area contributed by atoms with Gasteiger partial charge in [0.05, 0.1) is 7.11 Å². The number of methoxy groups -OCH3 is 1. The van der Waals surface area contributed by atoms with Gasteiger partial charge < -0.3 is 10.1 Å². The van der Waals surface area contributed by atoms with Crippen molar-refractivity contribution >= 4 is 11.6 Å². The number of alkyl halides is 1. The van der Waals surface area contributed by atoms with Crippen LogP contribution in [0, 0.1) is 11.6 Å². The van der Waals surface area contributed by atoms with Crippen LogP contribution in [-0.2, 0) is 6.42 Å². The molecule has 1 N–H and O–H groups in total. The zero-order chi connectivity index (χ0) is 12.7. The molecule has 0 saturated carbocycles. The Morgan fingerprint density at radius 3 is 2.65 bits per heavy atom. The Hall–Kier alpha value is -0.870. The van der Waals surface area contributed by atoms with E-state index in [9.17, 15) is 8.78 Å². The number of ether oxygens (including phenoxy) is 1. The SMILES string of the molecule is COc1cc(F)c(CCNCCCCl)cc1F. The number of hydrogen-bond donors (Lipinski definition) is 1. The lowest BCUT2D eigenvalue weighted by Gasteiger charge is -2.08. The van der Waals surface area contributed by atoms with Crippen LogP contribution < -0.4 is 10.1 Å². The Balaban J connectivity index is 2.51. The second-order valence-corrected chi connectivity index (χ2v) is 4.00. The summed E-state index contributed by atoms with van der Waals surface area (Å²) in [5.41, 5.74) is 0.349. The normalized spacial score (nSPS) is 10.6. The highest BCUT2D eigenvalue weighted by Gasteiger charge is 2.09. The molecule has 0 unspecified atom stereocenters. The summed E-state index contributed by atoms with van der Waals surface area (Å²) in [6.07, 6.45) is 1.30. The quantitative estimate of drug-likeness (QED) is 0.603. The van der Waals surface area contributed by atoms with Crippen LogP contribution in [0.1, 0.15) is 12.0 Å². The molecule has 0 bridgehead atoms. The molecule has 0 saturated heterocycles. The number of halogens is 3. The Morgan fingerprint density at radius 2 is 2.00 bits per heavy atom. The molecule has 1 aromatic rings. The monoisotopic (exact) mass is 263 g/mol. The van der Waals surface area contributed by atoms with Gasteiger partial charge in [-0.2, -0.15) is 0 Å². The first-order chi connectivity index (χ1) is 8.19. The van der Waals surface area contributed by atoms with Crippen LogP contribution in [0.2, 0.25) is 0 Å². The summed E-state index contributed by atoms with van der Waals surface area (Å²) in [7, 11) is 1.31. The van der Waals surface area contributed by atoms with E-state index in [1.165, 1.54) is 13.2 Å². The van der Waals surface area contributed by atoms with Gasteiger partial charge in [0.1, 0.15) is 5.82 Å². The molecular formula is C12H16ClF2NO. The van der Waals surface area contributed by atoms with Crippen molar-refractivity contribution in [3.8, 4) is 5.75 Å². The maximum atomic E-state index is 13.5. The lowest BCUT2D eigenvalue weighted by Crippen LogP contribution is -2.19. The summed E-state index contributed by atoms with van der Waals surface area (Å²) >= 11 is 5.51. The van der Waals surface area contributed by atoms with E-state index in [1.54, 1.807) is 0 Å². The van der Waals surface area contributed by atoms with E-state index in [0.29, 0.717) is 24.4 Å². The van der Waals surface area contributed by atoms with Crippen molar-refractivity contribution in [2.75, 3.05) is 26.1 Å². The summed E-state index contributed by atoms with van der Waals surface area (Å²) in [4.78, 5) is 0. The minimum atomic E-state index is -0.537. The van der Waals surface area contributed by atoms with Crippen molar-refractivity contribution in [2.45, 2.75) is 12.8 Å². The molecule has 17 heavy (non-hydrogen) atoms. The molecule has 0 aliphatic heterocycles. The minimum absolute atomic E-state index is 0.0682. The standard InChI is InChI=1S/C12H16ClF2NO/c1-17-12-8-10(14)9(7-11(12)15)3-6-16-5-2-4-13/h7-8,16H,2-6H2,1H3. The van der Waals surface area contributed by atoms with Gasteiger partial charge in [-0.15, -0.1) is 11.6 Å². The zero-order valence-electron chi connectivity index (χ0n) is 9.73. The summed E-state index contributed by atoms with van der Waals surface area (Å²) in [5.74, 6) is -0.452. The lowest BCUT2D eigenvalue weighted by molar-refractivity contribution is 0.381. The van der Waals surface area contributed by atoms with Crippen molar-refractivity contribution < 1.29 is 13.5 Å². The third-order valence-electron chi connectivity index (χ3n) is 2.38. The fourth-order valence-corrected chi connectivity index (χ4v) is 1.59. The maximum absolute atomic E-state index is 13.5. The third kappa shape index (κ3) is 4.48. The summed E-state index contributed by atoms with van der Waals surface area (Å²) in [6.45, 7) is 1.38. The zero-order valence-corrected chi connectivity index (χ0v) is 10.5. The molecule has 2 nitrogen and oxygen atoms in total. The number of benzene rings is 1. The molecule has 96 valence electrons. The second-order valence-electron chi connectivity index (χ2n) is 3.62. The second kappa shape index (κ2) is 7.45. The summed E-state index contributed by atoms with van der Waals surface area (Å²) in [5, 5.41) is 3.11. The fraction of sp³-hybridized carbons (Fsp3) is 0.500. The Bertz CT molecular complexity index is 361. The highest BCUT2D eigenvalue weighted by atomic mass is 35.5. The van der Waals surface area contributed by atoms with Gasteiger partial charge in [0.25, 0.3) is 0 Å². The van der Waals surface area contributed by atoms with Crippen molar-refractivity contribution in [1.29, 1.82) is 0 Å². The Labute approximate surface area is 105 Å². The van der Waals surface area contributed by atoms with E-state index < -0.39 is 11.6 Å². The highest BCUT2D eigenvalue weighted by Crippen LogP contribution is 2.21. The van der Waals surface area contributed by atoms with Gasteiger partial charge in [-0.25, -0.2) is 8.78 Å². The van der Waals surface area contributed by atoms with Crippen LogP contribution in [0.15, 0.2) is 12.1 Å². The van der Waals surface area contributed by atoms with Crippen LogP contribution in [0.4, 0.5) is 8.78 Å². The molecule has 0 aromatic heterocycles. The van der Waals surface area contributed by atoms with E-state index in [2.05, 4.69) is 5.32 Å². The average molecular weight is 264 g/mol. The van der Waals surface area contributed by atoms with Crippen LogP contribution >= 0.6 is 11.6 Å². The van der Waals surface area contributed by atoms with Gasteiger partial charge in [-0.05, 0) is 37.6 Å². The number of hydrogen-bond acceptors (Lipinski definition) is 2. The van der Waals surface area contributed by atoms with Gasteiger partial charge in [0, 0.05) is 11.9 Å².